The largest absolute Gasteiger partial charge is 0.480 e. The van der Waals surface area contributed by atoms with E-state index < -0.39 is 11.5 Å². The molecule has 0 amide bonds. The number of aliphatic carboxylic acids is 1. The third-order valence-corrected chi connectivity index (χ3v) is 5.39. The van der Waals surface area contributed by atoms with Gasteiger partial charge in [-0.3, -0.25) is 0 Å². The van der Waals surface area contributed by atoms with Crippen molar-refractivity contribution in [3.63, 3.8) is 0 Å². The topological polar surface area (TPSA) is 101 Å². The zero-order valence-corrected chi connectivity index (χ0v) is 19.2. The Morgan fingerprint density at radius 1 is 1.15 bits per heavy atom. The van der Waals surface area contributed by atoms with E-state index >= 15 is 0 Å². The Balaban J connectivity index is 1.43. The number of anilines is 2. The molecule has 2 aromatic carbocycles. The molecule has 8 nitrogen and oxygen atoms in total. The third kappa shape index (κ3) is 5.18. The average Bonchev–Trinajstić information content (AvgIpc) is 3.09. The number of carboxylic acid groups (broad SMARTS) is 1. The van der Waals surface area contributed by atoms with Crippen LogP contribution in [0.1, 0.15) is 19.4 Å². The Hall–Kier alpha value is -3.78. The van der Waals surface area contributed by atoms with Crippen LogP contribution < -0.4 is 15.4 Å². The van der Waals surface area contributed by atoms with E-state index in [0.29, 0.717) is 29.1 Å². The van der Waals surface area contributed by atoms with E-state index in [-0.39, 0.29) is 0 Å². The van der Waals surface area contributed by atoms with Crippen molar-refractivity contribution in [2.24, 2.45) is 7.05 Å². The Labute approximate surface area is 196 Å². The van der Waals surface area contributed by atoms with Crippen LogP contribution in [0.25, 0.3) is 11.0 Å². The van der Waals surface area contributed by atoms with Crippen LogP contribution in [0.5, 0.6) is 11.6 Å². The smallest absolute Gasteiger partial charge is 0.328 e. The summed E-state index contributed by atoms with van der Waals surface area (Å²) in [7, 11) is 1.92. The molecule has 0 aliphatic heterocycles. The summed E-state index contributed by atoms with van der Waals surface area (Å²) in [5.41, 5.74) is 2.41. The molecule has 0 radical (unpaired) electrons. The number of pyridine rings is 1. The summed E-state index contributed by atoms with van der Waals surface area (Å²) in [6, 6.07) is 16.7. The number of ether oxygens (including phenoxy) is 1. The van der Waals surface area contributed by atoms with Crippen LogP contribution in [0, 0.1) is 0 Å². The van der Waals surface area contributed by atoms with Crippen molar-refractivity contribution < 1.29 is 14.6 Å². The maximum Gasteiger partial charge on any atom is 0.328 e. The van der Waals surface area contributed by atoms with Gasteiger partial charge in [-0.2, -0.15) is 0 Å². The van der Waals surface area contributed by atoms with Crippen LogP contribution in [-0.2, 0) is 18.4 Å². The SMILES string of the molecule is Cn1c(NCc2ccc(Oc3ccc(Cl)cn3)cc2)nc2ccc(NC(C)(C)C(=O)O)cc21. The number of fused-ring (bicyclic) bond motifs is 1. The van der Waals surface area contributed by atoms with Crippen molar-refractivity contribution in [3.05, 3.63) is 71.4 Å². The summed E-state index contributed by atoms with van der Waals surface area (Å²) in [5, 5.41) is 16.3. The monoisotopic (exact) mass is 465 g/mol. The van der Waals surface area contributed by atoms with E-state index in [1.165, 1.54) is 6.20 Å². The number of benzene rings is 2. The molecule has 33 heavy (non-hydrogen) atoms. The number of nitrogens with zero attached hydrogens (tertiary/aromatic N) is 3. The normalized spacial score (nSPS) is 11.4. The van der Waals surface area contributed by atoms with Gasteiger partial charge in [0.2, 0.25) is 11.8 Å². The highest BCUT2D eigenvalue weighted by molar-refractivity contribution is 6.30. The Bertz CT molecular complexity index is 1280. The molecule has 0 bridgehead atoms. The quantitative estimate of drug-likeness (QED) is 0.324. The first kappa shape index (κ1) is 22.4. The fourth-order valence-corrected chi connectivity index (χ4v) is 3.35. The number of carboxylic acids is 1. The minimum absolute atomic E-state index is 0.477. The van der Waals surface area contributed by atoms with Crippen LogP contribution >= 0.6 is 11.6 Å². The van der Waals surface area contributed by atoms with Gasteiger partial charge in [0.05, 0.1) is 16.1 Å². The number of rotatable bonds is 8. The maximum atomic E-state index is 11.4. The molecule has 0 fully saturated rings. The predicted molar refractivity (Wildman–Crippen MR) is 129 cm³/mol. The second-order valence-corrected chi connectivity index (χ2v) is 8.60. The van der Waals surface area contributed by atoms with E-state index in [1.54, 1.807) is 26.0 Å². The Morgan fingerprint density at radius 3 is 2.58 bits per heavy atom. The van der Waals surface area contributed by atoms with Crippen molar-refractivity contribution in [2.75, 3.05) is 10.6 Å². The van der Waals surface area contributed by atoms with Crippen molar-refractivity contribution in [2.45, 2.75) is 25.9 Å². The van der Waals surface area contributed by atoms with Gasteiger partial charge in [0.15, 0.2) is 0 Å². The van der Waals surface area contributed by atoms with Gasteiger partial charge in [0.25, 0.3) is 0 Å². The molecular formula is C24H24ClN5O3. The lowest BCUT2D eigenvalue weighted by Crippen LogP contribution is -2.39. The number of hydrogen-bond donors (Lipinski definition) is 3. The predicted octanol–water partition coefficient (Wildman–Crippen LogP) is 5.30. The van der Waals surface area contributed by atoms with E-state index in [2.05, 4.69) is 20.6 Å². The van der Waals surface area contributed by atoms with Crippen molar-refractivity contribution in [3.8, 4) is 11.6 Å². The summed E-state index contributed by atoms with van der Waals surface area (Å²) in [6.07, 6.45) is 1.54. The summed E-state index contributed by atoms with van der Waals surface area (Å²) in [5.74, 6) is 0.951. The summed E-state index contributed by atoms with van der Waals surface area (Å²) < 4.78 is 7.66. The van der Waals surface area contributed by atoms with E-state index in [1.807, 2.05) is 54.1 Å². The highest BCUT2D eigenvalue weighted by Crippen LogP contribution is 2.25. The van der Waals surface area contributed by atoms with Gasteiger partial charge in [-0.15, -0.1) is 0 Å². The number of halogens is 1. The molecule has 2 aromatic heterocycles. The van der Waals surface area contributed by atoms with Crippen LogP contribution in [0.4, 0.5) is 11.6 Å². The molecule has 0 unspecified atom stereocenters. The highest BCUT2D eigenvalue weighted by Gasteiger charge is 2.26. The second-order valence-electron chi connectivity index (χ2n) is 8.17. The third-order valence-electron chi connectivity index (χ3n) is 5.17. The molecule has 4 rings (SSSR count). The molecule has 0 saturated carbocycles. The first-order valence-electron chi connectivity index (χ1n) is 10.3. The molecule has 170 valence electrons. The van der Waals surface area contributed by atoms with Gasteiger partial charge >= 0.3 is 5.97 Å². The Kier molecular flexibility index (Phi) is 6.11. The molecule has 0 saturated heterocycles. The van der Waals surface area contributed by atoms with E-state index in [0.717, 1.165) is 22.3 Å². The van der Waals surface area contributed by atoms with Crippen LogP contribution in [-0.4, -0.2) is 31.1 Å². The summed E-state index contributed by atoms with van der Waals surface area (Å²) in [6.45, 7) is 3.82. The van der Waals surface area contributed by atoms with Crippen LogP contribution in [0.3, 0.4) is 0 Å². The van der Waals surface area contributed by atoms with Crippen LogP contribution in [0.2, 0.25) is 5.02 Å². The minimum Gasteiger partial charge on any atom is -0.480 e. The van der Waals surface area contributed by atoms with Gasteiger partial charge < -0.3 is 25.0 Å². The van der Waals surface area contributed by atoms with Gasteiger partial charge in [0, 0.05) is 31.5 Å². The number of carbonyl (C=O) groups is 1. The molecule has 0 spiro atoms. The fourth-order valence-electron chi connectivity index (χ4n) is 3.24. The number of aromatic nitrogens is 3. The van der Waals surface area contributed by atoms with Crippen LogP contribution in [0.15, 0.2) is 60.8 Å². The van der Waals surface area contributed by atoms with Gasteiger partial charge in [-0.1, -0.05) is 23.7 Å². The Morgan fingerprint density at radius 2 is 1.91 bits per heavy atom. The second kappa shape index (κ2) is 8.99. The standard InChI is InChI=1S/C24H24ClN5O3/c1-24(2,22(31)32)29-17-7-10-19-20(12-17)30(3)23(28-19)27-13-15-4-8-18(9-5-15)33-21-11-6-16(25)14-26-21/h4-12,14,29H,13H2,1-3H3,(H,27,28)(H,31,32). The number of imidazole rings is 1. The first-order valence-corrected chi connectivity index (χ1v) is 10.7. The maximum absolute atomic E-state index is 11.4. The van der Waals surface area contributed by atoms with Gasteiger partial charge in [-0.05, 0) is 55.8 Å². The summed E-state index contributed by atoms with van der Waals surface area (Å²) >= 11 is 5.85. The number of aryl methyl sites for hydroxylation is 1. The van der Waals surface area contributed by atoms with Gasteiger partial charge in [-0.25, -0.2) is 14.8 Å². The fraction of sp³-hybridized carbons (Fsp3) is 0.208. The molecule has 0 atom stereocenters. The molecule has 3 N–H and O–H groups in total. The molecule has 2 heterocycles. The first-order chi connectivity index (χ1) is 15.7. The van der Waals surface area contributed by atoms with Crippen molar-refractivity contribution >= 4 is 40.2 Å². The minimum atomic E-state index is -1.08. The molecule has 9 heteroatoms. The van der Waals surface area contributed by atoms with E-state index in [9.17, 15) is 9.90 Å². The molecular weight excluding hydrogens is 442 g/mol. The molecule has 4 aromatic rings. The molecule has 0 aliphatic rings. The number of hydrogen-bond acceptors (Lipinski definition) is 6. The molecule has 0 aliphatic carbocycles. The zero-order valence-electron chi connectivity index (χ0n) is 18.5. The lowest BCUT2D eigenvalue weighted by atomic mass is 10.1. The highest BCUT2D eigenvalue weighted by atomic mass is 35.5. The van der Waals surface area contributed by atoms with E-state index in [4.69, 9.17) is 16.3 Å². The number of nitrogens with one attached hydrogen (secondary N) is 2. The van der Waals surface area contributed by atoms with Gasteiger partial charge in [0.1, 0.15) is 11.3 Å². The van der Waals surface area contributed by atoms with Crippen molar-refractivity contribution in [1.82, 2.24) is 14.5 Å². The lowest BCUT2D eigenvalue weighted by molar-refractivity contribution is -0.141. The lowest BCUT2D eigenvalue weighted by Gasteiger charge is -2.22. The average molecular weight is 466 g/mol. The van der Waals surface area contributed by atoms with Crippen molar-refractivity contribution in [1.29, 1.82) is 0 Å². The zero-order chi connectivity index (χ0) is 23.6. The summed E-state index contributed by atoms with van der Waals surface area (Å²) in [4.78, 5) is 20.2.